The highest BCUT2D eigenvalue weighted by Crippen LogP contribution is 2.35. The van der Waals surface area contributed by atoms with Gasteiger partial charge in [-0.2, -0.15) is 0 Å². The summed E-state index contributed by atoms with van der Waals surface area (Å²) < 4.78 is 10.0. The van der Waals surface area contributed by atoms with Crippen LogP contribution in [0, 0.1) is 5.41 Å². The summed E-state index contributed by atoms with van der Waals surface area (Å²) in [5.74, 6) is 0.607. The summed E-state index contributed by atoms with van der Waals surface area (Å²) in [4.78, 5) is 36.5. The summed E-state index contributed by atoms with van der Waals surface area (Å²) in [5.41, 5.74) is 6.42. The van der Waals surface area contributed by atoms with Gasteiger partial charge in [-0.1, -0.05) is 44.5 Å². The van der Waals surface area contributed by atoms with E-state index < -0.39 is 5.41 Å². The van der Waals surface area contributed by atoms with Crippen molar-refractivity contribution in [1.29, 1.82) is 0 Å². The van der Waals surface area contributed by atoms with Crippen molar-refractivity contribution in [3.05, 3.63) is 35.4 Å². The van der Waals surface area contributed by atoms with Crippen molar-refractivity contribution in [2.75, 3.05) is 31.8 Å². The number of hydrazine groups is 1. The van der Waals surface area contributed by atoms with E-state index in [0.29, 0.717) is 25.4 Å². The molecule has 0 saturated carbocycles. The van der Waals surface area contributed by atoms with E-state index in [9.17, 15) is 14.4 Å². The molecule has 1 aromatic rings. The van der Waals surface area contributed by atoms with Crippen molar-refractivity contribution in [3.63, 3.8) is 0 Å². The minimum Gasteiger partial charge on any atom is -0.466 e. The number of amides is 1. The number of esters is 2. The van der Waals surface area contributed by atoms with E-state index in [1.54, 1.807) is 32.7 Å². The van der Waals surface area contributed by atoms with Gasteiger partial charge in [0, 0.05) is 7.05 Å². The average Bonchev–Trinajstić information content (AvgIpc) is 2.74. The quantitative estimate of drug-likeness (QED) is 0.291. The number of rotatable bonds is 15. The molecule has 1 amide bonds. The maximum absolute atomic E-state index is 13.0. The van der Waals surface area contributed by atoms with Crippen LogP contribution in [0.25, 0.3) is 0 Å². The molecule has 1 atom stereocenters. The first-order chi connectivity index (χ1) is 15.6. The molecular formula is C25H40N2O5S. The maximum Gasteiger partial charge on any atom is 0.315 e. The smallest absolute Gasteiger partial charge is 0.315 e. The first-order valence-corrected chi connectivity index (χ1v) is 12.7. The molecule has 0 aliphatic heterocycles. The summed E-state index contributed by atoms with van der Waals surface area (Å²) in [5, 5.41) is 0. The maximum atomic E-state index is 13.0. The van der Waals surface area contributed by atoms with Gasteiger partial charge < -0.3 is 9.47 Å². The van der Waals surface area contributed by atoms with Crippen molar-refractivity contribution < 1.29 is 23.9 Å². The van der Waals surface area contributed by atoms with Crippen LogP contribution >= 0.6 is 11.8 Å². The molecule has 0 aliphatic rings. The average molecular weight is 481 g/mol. The van der Waals surface area contributed by atoms with Crippen LogP contribution < -0.4 is 10.9 Å². The second kappa shape index (κ2) is 14.3. The zero-order chi connectivity index (χ0) is 24.9. The Hall–Kier alpha value is -2.06. The lowest BCUT2D eigenvalue weighted by Gasteiger charge is -2.31. The molecule has 0 aromatic heterocycles. The van der Waals surface area contributed by atoms with Gasteiger partial charge in [-0.15, -0.1) is 11.8 Å². The molecule has 0 fully saturated rings. The van der Waals surface area contributed by atoms with Gasteiger partial charge in [-0.3, -0.25) is 19.8 Å². The second-order valence-electron chi connectivity index (χ2n) is 9.03. The summed E-state index contributed by atoms with van der Waals surface area (Å²) in [6.07, 6.45) is 2.57. The molecule has 0 aliphatic carbocycles. The number of hydrogen-bond donors (Lipinski definition) is 2. The summed E-state index contributed by atoms with van der Waals surface area (Å²) >= 11 is 1.58. The van der Waals surface area contributed by atoms with E-state index in [1.165, 1.54) is 0 Å². The molecule has 0 radical (unpaired) electrons. The summed E-state index contributed by atoms with van der Waals surface area (Å²) in [6, 6.07) is 7.61. The molecule has 0 bridgehead atoms. The zero-order valence-corrected chi connectivity index (χ0v) is 21.7. The van der Waals surface area contributed by atoms with Crippen LogP contribution in [0.3, 0.4) is 0 Å². The monoisotopic (exact) mass is 480 g/mol. The van der Waals surface area contributed by atoms with Gasteiger partial charge in [-0.05, 0) is 55.9 Å². The highest BCUT2D eigenvalue weighted by molar-refractivity contribution is 7.99. The van der Waals surface area contributed by atoms with E-state index in [0.717, 1.165) is 29.7 Å². The van der Waals surface area contributed by atoms with Gasteiger partial charge >= 0.3 is 11.9 Å². The number of hydrogen-bond acceptors (Lipinski definition) is 7. The van der Waals surface area contributed by atoms with Crippen LogP contribution in [0.15, 0.2) is 24.3 Å². The van der Waals surface area contributed by atoms with Crippen molar-refractivity contribution >= 4 is 29.6 Å². The standard InChI is InChI=1S/C25H40N2O5S/c1-7-31-21(28)16-19-11-9-12-20(15-19)25(5,23(30)27-26-6)14-10-13-24(3,4)18-33-17-22(29)32-8-2/h9,11-12,15,26H,7-8,10,13-14,16-18H2,1-6H3,(H,27,30). The first-order valence-electron chi connectivity index (χ1n) is 11.5. The molecule has 33 heavy (non-hydrogen) atoms. The Labute approximate surface area is 202 Å². The Kier molecular flexibility index (Phi) is 12.5. The van der Waals surface area contributed by atoms with Gasteiger partial charge in [0.05, 0.1) is 30.8 Å². The van der Waals surface area contributed by atoms with Crippen LogP contribution in [0.2, 0.25) is 0 Å². The Morgan fingerprint density at radius 2 is 1.67 bits per heavy atom. The van der Waals surface area contributed by atoms with E-state index in [1.807, 2.05) is 31.2 Å². The molecule has 2 N–H and O–H groups in total. The van der Waals surface area contributed by atoms with E-state index in [4.69, 9.17) is 9.47 Å². The van der Waals surface area contributed by atoms with Crippen LogP contribution in [0.5, 0.6) is 0 Å². The lowest BCUT2D eigenvalue weighted by molar-refractivity contribution is -0.142. The Morgan fingerprint density at radius 1 is 1.00 bits per heavy atom. The molecule has 0 heterocycles. The van der Waals surface area contributed by atoms with E-state index >= 15 is 0 Å². The first kappa shape index (κ1) is 29.0. The fraction of sp³-hybridized carbons (Fsp3) is 0.640. The molecule has 0 saturated heterocycles. The number of carbonyl (C=O) groups excluding carboxylic acids is 3. The Morgan fingerprint density at radius 3 is 2.30 bits per heavy atom. The third-order valence-corrected chi connectivity index (χ3v) is 6.93. The summed E-state index contributed by atoms with van der Waals surface area (Å²) in [6.45, 7) is 10.6. The number of carbonyl (C=O) groups is 3. The van der Waals surface area contributed by atoms with Crippen LogP contribution in [0.1, 0.15) is 65.0 Å². The van der Waals surface area contributed by atoms with Crippen molar-refractivity contribution in [2.24, 2.45) is 5.41 Å². The molecule has 7 nitrogen and oxygen atoms in total. The largest absolute Gasteiger partial charge is 0.466 e. The normalized spacial score (nSPS) is 13.2. The number of nitrogens with one attached hydrogen (secondary N) is 2. The fourth-order valence-electron chi connectivity index (χ4n) is 3.65. The molecule has 0 spiro atoms. The molecule has 1 rings (SSSR count). The van der Waals surface area contributed by atoms with Crippen molar-refractivity contribution in [3.8, 4) is 0 Å². The highest BCUT2D eigenvalue weighted by atomic mass is 32.2. The minimum atomic E-state index is -0.762. The third-order valence-electron chi connectivity index (χ3n) is 5.51. The van der Waals surface area contributed by atoms with Crippen LogP contribution in [-0.4, -0.2) is 49.6 Å². The van der Waals surface area contributed by atoms with Gasteiger partial charge in [0.1, 0.15) is 0 Å². The second-order valence-corrected chi connectivity index (χ2v) is 10.0. The van der Waals surface area contributed by atoms with Crippen LogP contribution in [0.4, 0.5) is 0 Å². The lowest BCUT2D eigenvalue weighted by atomic mass is 9.75. The van der Waals surface area contributed by atoms with Gasteiger partial charge in [0.15, 0.2) is 0 Å². The number of thioether (sulfide) groups is 1. The lowest BCUT2D eigenvalue weighted by Crippen LogP contribution is -2.47. The molecule has 186 valence electrons. The molecule has 1 aromatic carbocycles. The van der Waals surface area contributed by atoms with Crippen molar-refractivity contribution in [2.45, 2.75) is 65.7 Å². The van der Waals surface area contributed by atoms with Gasteiger partial charge in [0.25, 0.3) is 0 Å². The topological polar surface area (TPSA) is 93.7 Å². The fourth-order valence-corrected chi connectivity index (χ4v) is 4.70. The number of ether oxygens (including phenoxy) is 2. The Bertz CT molecular complexity index is 784. The van der Waals surface area contributed by atoms with Gasteiger partial charge in [-0.25, -0.2) is 5.43 Å². The number of benzene rings is 1. The zero-order valence-electron chi connectivity index (χ0n) is 20.9. The summed E-state index contributed by atoms with van der Waals surface area (Å²) in [7, 11) is 1.67. The molecule has 8 heteroatoms. The van der Waals surface area contributed by atoms with Crippen LogP contribution in [-0.2, 0) is 35.7 Å². The highest BCUT2D eigenvalue weighted by Gasteiger charge is 2.35. The minimum absolute atomic E-state index is 0.0172. The van der Waals surface area contributed by atoms with Crippen molar-refractivity contribution in [1.82, 2.24) is 10.9 Å². The predicted octanol–water partition coefficient (Wildman–Crippen LogP) is 3.79. The molecular weight excluding hydrogens is 440 g/mol. The molecule has 1 unspecified atom stereocenters. The third kappa shape index (κ3) is 10.2. The van der Waals surface area contributed by atoms with E-state index in [2.05, 4.69) is 24.7 Å². The van der Waals surface area contributed by atoms with Gasteiger partial charge in [0.2, 0.25) is 5.91 Å². The predicted molar refractivity (Wildman–Crippen MR) is 133 cm³/mol. The SMILES string of the molecule is CCOC(=O)CSCC(C)(C)CCCC(C)(C(=O)NNC)c1cccc(CC(=O)OCC)c1. The Balaban J connectivity index is 2.86. The van der Waals surface area contributed by atoms with E-state index in [-0.39, 0.29) is 29.7 Å².